The fourth-order valence-electron chi connectivity index (χ4n) is 0.648. The minimum absolute atomic E-state index is 0.918. The van der Waals surface area contributed by atoms with E-state index < -0.39 is 0 Å². The number of thiol groups is 1. The quantitative estimate of drug-likeness (QED) is 0.467. The monoisotopic (exact) mass is 127 g/mol. The molecule has 8 heavy (non-hydrogen) atoms. The molecule has 0 aromatic rings. The molecule has 44 valence electrons. The summed E-state index contributed by atoms with van der Waals surface area (Å²) in [7, 11) is 0. The van der Waals surface area contributed by atoms with E-state index in [9.17, 15) is 0 Å². The number of hydrogen-bond acceptors (Lipinski definition) is 2. The van der Waals surface area contributed by atoms with Gasteiger partial charge in [-0.2, -0.15) is 0 Å². The minimum Gasteiger partial charge on any atom is -0.385 e. The van der Waals surface area contributed by atoms with E-state index in [1.54, 1.807) is 0 Å². The maximum Gasteiger partial charge on any atom is 0.0341 e. The molecule has 0 aromatic heterocycles. The lowest BCUT2D eigenvalue weighted by molar-refractivity contribution is 0.889. The van der Waals surface area contributed by atoms with Crippen molar-refractivity contribution in [2.75, 3.05) is 6.54 Å². The Hall–Kier alpha value is -0.370. The second-order valence-electron chi connectivity index (χ2n) is 1.84. The minimum atomic E-state index is 0.918. The van der Waals surface area contributed by atoms with Crippen LogP contribution in [0.1, 0.15) is 6.92 Å². The van der Waals surface area contributed by atoms with E-state index in [0.717, 1.165) is 11.4 Å². The lowest BCUT2D eigenvalue weighted by Crippen LogP contribution is -2.13. The van der Waals surface area contributed by atoms with Crippen LogP contribution in [0, 0.1) is 0 Å². The molecular weight excluding hydrogens is 118 g/mol. The zero-order valence-corrected chi connectivity index (χ0v) is 5.70. The molecule has 2 heteroatoms. The Morgan fingerprint density at radius 3 is 2.88 bits per heavy atom. The average molecular weight is 127 g/mol. The summed E-state index contributed by atoms with van der Waals surface area (Å²) in [5.41, 5.74) is 1.19. The summed E-state index contributed by atoms with van der Waals surface area (Å²) in [4.78, 5) is 1.06. The van der Waals surface area contributed by atoms with E-state index in [-0.39, 0.29) is 0 Å². The van der Waals surface area contributed by atoms with Gasteiger partial charge in [0, 0.05) is 17.1 Å². The van der Waals surface area contributed by atoms with Crippen molar-refractivity contribution in [3.8, 4) is 0 Å². The standard InChI is InChI=1S/C6H9NS/c1-5-4-6(8)2-3-7-5/h2,4,7-8H,3H2,1H3. The van der Waals surface area contributed by atoms with Crippen LogP contribution in [0.25, 0.3) is 0 Å². The molecule has 0 radical (unpaired) electrons. The van der Waals surface area contributed by atoms with Gasteiger partial charge in [-0.05, 0) is 13.0 Å². The third-order valence-corrected chi connectivity index (χ3v) is 1.37. The molecule has 1 nitrogen and oxygen atoms in total. The molecule has 0 bridgehead atoms. The molecule has 0 saturated heterocycles. The predicted octanol–water partition coefficient (Wildman–Crippen LogP) is 1.31. The third-order valence-electron chi connectivity index (χ3n) is 1.06. The maximum atomic E-state index is 4.17. The fourth-order valence-corrected chi connectivity index (χ4v) is 0.933. The van der Waals surface area contributed by atoms with Gasteiger partial charge in [-0.3, -0.25) is 0 Å². The number of allylic oxidation sites excluding steroid dienone is 2. The van der Waals surface area contributed by atoms with Crippen LogP contribution in [0.15, 0.2) is 22.8 Å². The predicted molar refractivity (Wildman–Crippen MR) is 38.8 cm³/mol. The summed E-state index contributed by atoms with van der Waals surface area (Å²) in [6, 6.07) is 0. The Labute approximate surface area is 54.9 Å². The molecule has 0 spiro atoms. The first-order valence-electron chi connectivity index (χ1n) is 2.60. The Kier molecular flexibility index (Phi) is 1.63. The zero-order valence-electron chi connectivity index (χ0n) is 4.81. The van der Waals surface area contributed by atoms with Crippen LogP contribution in [-0.2, 0) is 0 Å². The highest BCUT2D eigenvalue weighted by Crippen LogP contribution is 2.07. The zero-order chi connectivity index (χ0) is 5.98. The first-order valence-corrected chi connectivity index (χ1v) is 3.05. The van der Waals surface area contributed by atoms with Gasteiger partial charge < -0.3 is 5.32 Å². The topological polar surface area (TPSA) is 12.0 Å². The van der Waals surface area contributed by atoms with Crippen molar-refractivity contribution in [1.29, 1.82) is 0 Å². The van der Waals surface area contributed by atoms with Gasteiger partial charge in [0.15, 0.2) is 0 Å². The van der Waals surface area contributed by atoms with Crippen LogP contribution in [0.5, 0.6) is 0 Å². The van der Waals surface area contributed by atoms with Gasteiger partial charge in [0.25, 0.3) is 0 Å². The maximum absolute atomic E-state index is 4.17. The Balaban J connectivity index is 2.69. The third kappa shape index (κ3) is 1.30. The van der Waals surface area contributed by atoms with Crippen molar-refractivity contribution >= 4 is 12.6 Å². The number of hydrogen-bond donors (Lipinski definition) is 2. The Morgan fingerprint density at radius 1 is 1.75 bits per heavy atom. The molecule has 1 aliphatic rings. The Bertz CT molecular complexity index is 147. The van der Waals surface area contributed by atoms with Crippen molar-refractivity contribution in [3.05, 3.63) is 22.8 Å². The van der Waals surface area contributed by atoms with Crippen LogP contribution >= 0.6 is 12.6 Å². The van der Waals surface area contributed by atoms with Gasteiger partial charge in [-0.15, -0.1) is 12.6 Å². The van der Waals surface area contributed by atoms with Crippen molar-refractivity contribution < 1.29 is 0 Å². The first kappa shape index (κ1) is 5.76. The Morgan fingerprint density at radius 2 is 2.50 bits per heavy atom. The summed E-state index contributed by atoms with van der Waals surface area (Å²) in [5.74, 6) is 0. The molecule has 0 atom stereocenters. The smallest absolute Gasteiger partial charge is 0.0341 e. The molecule has 0 aliphatic carbocycles. The summed E-state index contributed by atoms with van der Waals surface area (Å²) in [5, 5.41) is 3.15. The first-order chi connectivity index (χ1) is 3.79. The summed E-state index contributed by atoms with van der Waals surface area (Å²) < 4.78 is 0. The van der Waals surface area contributed by atoms with Gasteiger partial charge in [0.05, 0.1) is 0 Å². The van der Waals surface area contributed by atoms with Gasteiger partial charge in [-0.1, -0.05) is 6.08 Å². The highest BCUT2D eigenvalue weighted by molar-refractivity contribution is 7.84. The number of dihydropyridines is 1. The van der Waals surface area contributed by atoms with Gasteiger partial charge in [0.1, 0.15) is 0 Å². The van der Waals surface area contributed by atoms with Crippen molar-refractivity contribution in [2.24, 2.45) is 0 Å². The lowest BCUT2D eigenvalue weighted by atomic mass is 10.3. The summed E-state index contributed by atoms with van der Waals surface area (Å²) in [6.07, 6.45) is 4.04. The van der Waals surface area contributed by atoms with Gasteiger partial charge in [-0.25, -0.2) is 0 Å². The van der Waals surface area contributed by atoms with Crippen molar-refractivity contribution in [2.45, 2.75) is 6.92 Å². The van der Waals surface area contributed by atoms with E-state index in [2.05, 4.69) is 17.9 Å². The van der Waals surface area contributed by atoms with E-state index in [1.807, 2.05) is 19.1 Å². The molecule has 0 aromatic carbocycles. The SMILES string of the molecule is CC1=CC(S)=CCN1. The van der Waals surface area contributed by atoms with E-state index in [0.29, 0.717) is 0 Å². The molecular formula is C6H9NS. The summed E-state index contributed by atoms with van der Waals surface area (Å²) in [6.45, 7) is 2.95. The lowest BCUT2D eigenvalue weighted by Gasteiger charge is -2.08. The molecule has 0 saturated carbocycles. The molecule has 1 heterocycles. The van der Waals surface area contributed by atoms with Gasteiger partial charge >= 0.3 is 0 Å². The molecule has 0 fully saturated rings. The van der Waals surface area contributed by atoms with Crippen LogP contribution in [-0.4, -0.2) is 6.54 Å². The number of nitrogens with one attached hydrogen (secondary N) is 1. The summed E-state index contributed by atoms with van der Waals surface area (Å²) >= 11 is 4.17. The second-order valence-corrected chi connectivity index (χ2v) is 2.35. The fraction of sp³-hybridized carbons (Fsp3) is 0.333. The normalized spacial score (nSPS) is 18.8. The van der Waals surface area contributed by atoms with Crippen molar-refractivity contribution in [1.82, 2.24) is 5.32 Å². The molecule has 1 rings (SSSR count). The van der Waals surface area contributed by atoms with Crippen LogP contribution in [0.4, 0.5) is 0 Å². The highest BCUT2D eigenvalue weighted by Gasteiger charge is 1.93. The second kappa shape index (κ2) is 2.27. The highest BCUT2D eigenvalue weighted by atomic mass is 32.1. The number of rotatable bonds is 0. The van der Waals surface area contributed by atoms with Crippen molar-refractivity contribution in [3.63, 3.8) is 0 Å². The van der Waals surface area contributed by atoms with E-state index in [4.69, 9.17) is 0 Å². The molecule has 1 aliphatic heterocycles. The van der Waals surface area contributed by atoms with Gasteiger partial charge in [0.2, 0.25) is 0 Å². The van der Waals surface area contributed by atoms with Crippen LogP contribution in [0.2, 0.25) is 0 Å². The van der Waals surface area contributed by atoms with E-state index >= 15 is 0 Å². The van der Waals surface area contributed by atoms with Crippen LogP contribution < -0.4 is 5.32 Å². The average Bonchev–Trinajstić information content (AvgIpc) is 1.64. The van der Waals surface area contributed by atoms with E-state index in [1.165, 1.54) is 5.70 Å². The molecule has 1 N–H and O–H groups in total. The molecule has 0 unspecified atom stereocenters. The molecule has 0 amide bonds. The van der Waals surface area contributed by atoms with Crippen LogP contribution in [0.3, 0.4) is 0 Å². The largest absolute Gasteiger partial charge is 0.385 e.